The fraction of sp³-hybridized carbons (Fsp3) is 0.385. The normalized spacial score (nSPS) is 10.3. The van der Waals surface area contributed by atoms with E-state index in [4.69, 9.17) is 16.0 Å². The van der Waals surface area contributed by atoms with Crippen molar-refractivity contribution in [2.24, 2.45) is 0 Å². The fourth-order valence-electron chi connectivity index (χ4n) is 1.47. The molecule has 2 aromatic rings. The van der Waals surface area contributed by atoms with E-state index < -0.39 is 10.9 Å². The van der Waals surface area contributed by atoms with Crippen LogP contribution in [0.3, 0.4) is 0 Å². The van der Waals surface area contributed by atoms with Crippen molar-refractivity contribution in [3.05, 3.63) is 30.3 Å². The van der Waals surface area contributed by atoms with E-state index in [0.29, 0.717) is 5.58 Å². The van der Waals surface area contributed by atoms with E-state index in [-0.39, 0.29) is 5.88 Å². The Morgan fingerprint density at radius 1 is 1.26 bits per heavy atom. The lowest BCUT2D eigenvalue weighted by molar-refractivity contribution is 0.609. The SMILES string of the molecule is CCCCCCl.O=[SH](=O)Nc1cc2ccccc2o1. The van der Waals surface area contributed by atoms with Crippen LogP contribution in [0.2, 0.25) is 0 Å². The van der Waals surface area contributed by atoms with Crippen LogP contribution in [-0.4, -0.2) is 14.3 Å². The summed E-state index contributed by atoms with van der Waals surface area (Å²) in [6, 6.07) is 8.95. The van der Waals surface area contributed by atoms with Crippen LogP contribution in [0.5, 0.6) is 0 Å². The van der Waals surface area contributed by atoms with Crippen LogP contribution in [-0.2, 0) is 10.9 Å². The van der Waals surface area contributed by atoms with Gasteiger partial charge in [0, 0.05) is 17.3 Å². The Bertz CT molecular complexity index is 521. The van der Waals surface area contributed by atoms with Gasteiger partial charge in [-0.1, -0.05) is 38.0 Å². The number of benzene rings is 1. The first-order valence-corrected chi connectivity index (χ1v) is 7.84. The number of anilines is 1. The summed E-state index contributed by atoms with van der Waals surface area (Å²) < 4.78 is 28.0. The maximum absolute atomic E-state index is 10.3. The van der Waals surface area contributed by atoms with Gasteiger partial charge in [-0.15, -0.1) is 11.6 Å². The highest BCUT2D eigenvalue weighted by molar-refractivity contribution is 7.73. The standard InChI is InChI=1S/C8H7NO3S.C5H11Cl/c10-13(11)9-8-5-6-3-1-2-4-7(6)12-8;1-2-3-4-5-6/h1-5,13H,(H,9,10,11);2-5H2,1H3. The minimum absolute atomic E-state index is 0.248. The van der Waals surface area contributed by atoms with Crippen LogP contribution >= 0.6 is 11.6 Å². The number of rotatable bonds is 5. The number of furan rings is 1. The van der Waals surface area contributed by atoms with Gasteiger partial charge in [-0.25, -0.2) is 8.42 Å². The average Bonchev–Trinajstić information content (AvgIpc) is 2.78. The number of hydrogen-bond acceptors (Lipinski definition) is 3. The van der Waals surface area contributed by atoms with E-state index in [9.17, 15) is 8.42 Å². The first-order chi connectivity index (χ1) is 9.17. The van der Waals surface area contributed by atoms with Crippen LogP contribution in [0.4, 0.5) is 5.88 Å². The highest BCUT2D eigenvalue weighted by Crippen LogP contribution is 2.22. The summed E-state index contributed by atoms with van der Waals surface area (Å²) in [5.74, 6) is 1.07. The number of nitrogens with one attached hydrogen (secondary N) is 1. The van der Waals surface area contributed by atoms with E-state index in [0.717, 1.165) is 11.3 Å². The molecule has 0 spiro atoms. The molecule has 1 heterocycles. The van der Waals surface area contributed by atoms with E-state index in [1.165, 1.54) is 19.3 Å². The van der Waals surface area contributed by atoms with Gasteiger partial charge in [-0.3, -0.25) is 4.72 Å². The minimum atomic E-state index is -2.66. The third-order valence-corrected chi connectivity index (χ3v) is 3.03. The van der Waals surface area contributed by atoms with E-state index >= 15 is 0 Å². The van der Waals surface area contributed by atoms with E-state index in [1.807, 2.05) is 18.2 Å². The summed E-state index contributed by atoms with van der Waals surface area (Å²) >= 11 is 5.38. The second-order valence-electron chi connectivity index (χ2n) is 3.91. The van der Waals surface area contributed by atoms with Crippen LogP contribution in [0.25, 0.3) is 11.0 Å². The summed E-state index contributed by atoms with van der Waals surface area (Å²) in [6.07, 6.45) is 3.73. The van der Waals surface area contributed by atoms with Gasteiger partial charge < -0.3 is 4.42 Å². The monoisotopic (exact) mass is 303 g/mol. The Morgan fingerprint density at radius 3 is 2.53 bits per heavy atom. The molecular weight excluding hydrogens is 286 g/mol. The Labute approximate surface area is 119 Å². The van der Waals surface area contributed by atoms with Gasteiger partial charge in [0.2, 0.25) is 16.8 Å². The Balaban J connectivity index is 0.000000258. The van der Waals surface area contributed by atoms with Crippen LogP contribution in [0.15, 0.2) is 34.7 Å². The molecular formula is C13H18ClNO3S. The second-order valence-corrected chi connectivity index (χ2v) is 5.03. The summed E-state index contributed by atoms with van der Waals surface area (Å²) in [5, 5.41) is 0.877. The van der Waals surface area contributed by atoms with Gasteiger partial charge in [-0.2, -0.15) is 0 Å². The summed E-state index contributed by atoms with van der Waals surface area (Å²) in [4.78, 5) is 0. The second kappa shape index (κ2) is 8.82. The first kappa shape index (κ1) is 15.9. The summed E-state index contributed by atoms with van der Waals surface area (Å²) in [7, 11) is -2.66. The molecule has 0 fully saturated rings. The Morgan fingerprint density at radius 2 is 2.00 bits per heavy atom. The van der Waals surface area contributed by atoms with Gasteiger partial charge >= 0.3 is 0 Å². The first-order valence-electron chi connectivity index (χ1n) is 6.13. The van der Waals surface area contributed by atoms with Crippen molar-refractivity contribution in [2.45, 2.75) is 26.2 Å². The van der Waals surface area contributed by atoms with Crippen LogP contribution in [0.1, 0.15) is 26.2 Å². The number of unbranched alkanes of at least 4 members (excludes halogenated alkanes) is 2. The third-order valence-electron chi connectivity index (χ3n) is 2.36. The molecule has 0 aliphatic rings. The van der Waals surface area contributed by atoms with Crippen molar-refractivity contribution in [3.63, 3.8) is 0 Å². The smallest absolute Gasteiger partial charge is 0.224 e. The van der Waals surface area contributed by atoms with Crippen molar-refractivity contribution >= 4 is 39.3 Å². The number of alkyl halides is 1. The maximum atomic E-state index is 10.3. The van der Waals surface area contributed by atoms with Crippen molar-refractivity contribution in [3.8, 4) is 0 Å². The van der Waals surface area contributed by atoms with Crippen molar-refractivity contribution in [2.75, 3.05) is 10.6 Å². The molecule has 0 atom stereocenters. The number of fused-ring (bicyclic) bond motifs is 1. The third kappa shape index (κ3) is 5.98. The van der Waals surface area contributed by atoms with Gasteiger partial charge in [0.25, 0.3) is 0 Å². The molecule has 0 aliphatic carbocycles. The zero-order valence-corrected chi connectivity index (χ0v) is 12.4. The van der Waals surface area contributed by atoms with Crippen LogP contribution in [0, 0.1) is 0 Å². The molecule has 1 aromatic carbocycles. The average molecular weight is 304 g/mol. The Hall–Kier alpha value is -1.20. The number of para-hydroxylation sites is 1. The number of halogens is 1. The molecule has 0 saturated carbocycles. The molecule has 0 amide bonds. The van der Waals surface area contributed by atoms with E-state index in [2.05, 4.69) is 11.6 Å². The van der Waals surface area contributed by atoms with Crippen molar-refractivity contribution < 1.29 is 12.8 Å². The Kier molecular flexibility index (Phi) is 7.36. The number of hydrogen-bond donors (Lipinski definition) is 2. The quantitative estimate of drug-likeness (QED) is 0.502. The molecule has 0 unspecified atom stereocenters. The van der Waals surface area contributed by atoms with E-state index in [1.54, 1.807) is 12.1 Å². The predicted molar refractivity (Wildman–Crippen MR) is 80.4 cm³/mol. The maximum Gasteiger partial charge on any atom is 0.224 e. The minimum Gasteiger partial charge on any atom is -0.440 e. The van der Waals surface area contributed by atoms with Crippen LogP contribution < -0.4 is 4.72 Å². The molecule has 19 heavy (non-hydrogen) atoms. The van der Waals surface area contributed by atoms with Gasteiger partial charge in [0.15, 0.2) is 0 Å². The molecule has 6 heteroatoms. The molecule has 0 saturated heterocycles. The topological polar surface area (TPSA) is 59.3 Å². The van der Waals surface area contributed by atoms with Gasteiger partial charge in [0.05, 0.1) is 0 Å². The zero-order valence-electron chi connectivity index (χ0n) is 10.8. The molecule has 0 aliphatic heterocycles. The lowest BCUT2D eigenvalue weighted by Crippen LogP contribution is -1.91. The highest BCUT2D eigenvalue weighted by Gasteiger charge is 2.01. The fourth-order valence-corrected chi connectivity index (χ4v) is 1.95. The van der Waals surface area contributed by atoms with Crippen molar-refractivity contribution in [1.29, 1.82) is 0 Å². The van der Waals surface area contributed by atoms with Crippen molar-refractivity contribution in [1.82, 2.24) is 0 Å². The lowest BCUT2D eigenvalue weighted by Gasteiger charge is -1.87. The number of thiol groups is 1. The highest BCUT2D eigenvalue weighted by atomic mass is 35.5. The lowest BCUT2D eigenvalue weighted by atomic mass is 10.3. The molecule has 4 nitrogen and oxygen atoms in total. The largest absolute Gasteiger partial charge is 0.440 e. The van der Waals surface area contributed by atoms with Gasteiger partial charge in [-0.05, 0) is 12.5 Å². The van der Waals surface area contributed by atoms with Gasteiger partial charge in [0.1, 0.15) is 5.58 Å². The molecule has 0 bridgehead atoms. The molecule has 0 radical (unpaired) electrons. The summed E-state index contributed by atoms with van der Waals surface area (Å²) in [6.45, 7) is 2.17. The molecule has 1 N–H and O–H groups in total. The molecule has 1 aromatic heterocycles. The zero-order chi connectivity index (χ0) is 14.1. The molecule has 2 rings (SSSR count). The molecule has 106 valence electrons. The summed E-state index contributed by atoms with van der Waals surface area (Å²) in [5.41, 5.74) is 0.668. The predicted octanol–water partition coefficient (Wildman–Crippen LogP) is 3.79.